The molecule has 1 aromatic carbocycles. The third-order valence-electron chi connectivity index (χ3n) is 2.78. The van der Waals surface area contributed by atoms with E-state index in [-0.39, 0.29) is 0 Å². The van der Waals surface area contributed by atoms with Gasteiger partial charge in [0.2, 0.25) is 0 Å². The van der Waals surface area contributed by atoms with Crippen molar-refractivity contribution in [2.45, 2.75) is 20.3 Å². The number of anilines is 1. The Hall–Kier alpha value is -0.870. The van der Waals surface area contributed by atoms with E-state index in [0.29, 0.717) is 0 Å². The first-order valence-corrected chi connectivity index (χ1v) is 7.23. The largest absolute Gasteiger partial charge is 0.384 e. The van der Waals surface area contributed by atoms with Crippen LogP contribution in [0.15, 0.2) is 28.2 Å². The molecule has 4 heteroatoms. The van der Waals surface area contributed by atoms with Crippen LogP contribution in [0.1, 0.15) is 16.1 Å². The summed E-state index contributed by atoms with van der Waals surface area (Å²) in [5.41, 5.74) is 5.52. The summed E-state index contributed by atoms with van der Waals surface area (Å²) in [5, 5.41) is 3.47. The Morgan fingerprint density at radius 3 is 2.88 bits per heavy atom. The highest BCUT2D eigenvalue weighted by molar-refractivity contribution is 9.10. The summed E-state index contributed by atoms with van der Waals surface area (Å²) in [6, 6.07) is 6.23. The summed E-state index contributed by atoms with van der Waals surface area (Å²) < 4.78 is 1.15. The lowest BCUT2D eigenvalue weighted by Gasteiger charge is -2.10. The lowest BCUT2D eigenvalue weighted by Crippen LogP contribution is -2.06. The second kappa shape index (κ2) is 5.65. The molecule has 0 saturated carbocycles. The van der Waals surface area contributed by atoms with Gasteiger partial charge >= 0.3 is 0 Å². The van der Waals surface area contributed by atoms with Crippen LogP contribution in [0, 0.1) is 13.8 Å². The first kappa shape index (κ1) is 12.6. The van der Waals surface area contributed by atoms with E-state index < -0.39 is 0 Å². The molecule has 0 amide bonds. The fraction of sp³-hybridized carbons (Fsp3) is 0.308. The second-order valence-electron chi connectivity index (χ2n) is 3.95. The minimum absolute atomic E-state index is 0.945. The number of nitrogens with zero attached hydrogens (tertiary/aromatic N) is 1. The number of hydrogen-bond acceptors (Lipinski definition) is 3. The molecule has 0 saturated heterocycles. The summed E-state index contributed by atoms with van der Waals surface area (Å²) in [4.78, 5) is 5.62. The maximum absolute atomic E-state index is 4.26. The Morgan fingerprint density at radius 1 is 1.35 bits per heavy atom. The van der Waals surface area contributed by atoms with Gasteiger partial charge in [0.25, 0.3) is 0 Å². The van der Waals surface area contributed by atoms with E-state index in [4.69, 9.17) is 0 Å². The lowest BCUT2D eigenvalue weighted by atomic mass is 10.2. The molecule has 0 fully saturated rings. The number of thiazole rings is 1. The number of benzene rings is 1. The van der Waals surface area contributed by atoms with Crippen molar-refractivity contribution in [2.24, 2.45) is 0 Å². The van der Waals surface area contributed by atoms with E-state index in [9.17, 15) is 0 Å². The van der Waals surface area contributed by atoms with Crippen molar-refractivity contribution >= 4 is 33.0 Å². The molecule has 0 atom stereocenters. The lowest BCUT2D eigenvalue weighted by molar-refractivity contribution is 1.01. The van der Waals surface area contributed by atoms with Gasteiger partial charge in [-0.2, -0.15) is 0 Å². The molecule has 2 aromatic rings. The standard InChI is InChI=1S/C13H15BrN2S/c1-9-11(14)4-3-5-12(9)15-7-6-13-10(2)16-8-17-13/h3-5,8,15H,6-7H2,1-2H3. The van der Waals surface area contributed by atoms with Crippen LogP contribution in [0.2, 0.25) is 0 Å². The smallest absolute Gasteiger partial charge is 0.0797 e. The number of aryl methyl sites for hydroxylation is 1. The quantitative estimate of drug-likeness (QED) is 0.916. The van der Waals surface area contributed by atoms with Gasteiger partial charge in [0.1, 0.15) is 0 Å². The van der Waals surface area contributed by atoms with E-state index in [1.54, 1.807) is 11.3 Å². The number of halogens is 1. The maximum atomic E-state index is 4.26. The Bertz CT molecular complexity index is 508. The van der Waals surface area contributed by atoms with Gasteiger partial charge in [-0.3, -0.25) is 0 Å². The second-order valence-corrected chi connectivity index (χ2v) is 5.74. The van der Waals surface area contributed by atoms with Crippen molar-refractivity contribution < 1.29 is 0 Å². The summed E-state index contributed by atoms with van der Waals surface area (Å²) in [6.45, 7) is 5.13. The van der Waals surface area contributed by atoms with Gasteiger partial charge in [-0.25, -0.2) is 4.98 Å². The molecule has 2 nitrogen and oxygen atoms in total. The zero-order valence-electron chi connectivity index (χ0n) is 9.96. The van der Waals surface area contributed by atoms with E-state index in [1.807, 2.05) is 5.51 Å². The van der Waals surface area contributed by atoms with Crippen LogP contribution >= 0.6 is 27.3 Å². The minimum atomic E-state index is 0.945. The van der Waals surface area contributed by atoms with Crippen molar-refractivity contribution in [3.8, 4) is 0 Å². The monoisotopic (exact) mass is 310 g/mol. The molecule has 2 rings (SSSR count). The molecule has 1 N–H and O–H groups in total. The highest BCUT2D eigenvalue weighted by atomic mass is 79.9. The molecular formula is C13H15BrN2S. The van der Waals surface area contributed by atoms with Crippen molar-refractivity contribution in [1.29, 1.82) is 0 Å². The van der Waals surface area contributed by atoms with Gasteiger partial charge in [-0.1, -0.05) is 22.0 Å². The number of rotatable bonds is 4. The molecule has 0 aliphatic heterocycles. The normalized spacial score (nSPS) is 10.5. The van der Waals surface area contributed by atoms with Crippen LogP contribution in [0.25, 0.3) is 0 Å². The van der Waals surface area contributed by atoms with Crippen molar-refractivity contribution in [1.82, 2.24) is 4.98 Å². The van der Waals surface area contributed by atoms with Gasteiger partial charge in [0.15, 0.2) is 0 Å². The fourth-order valence-corrected chi connectivity index (χ4v) is 2.82. The Kier molecular flexibility index (Phi) is 4.18. The maximum Gasteiger partial charge on any atom is 0.0797 e. The molecule has 0 bridgehead atoms. The van der Waals surface area contributed by atoms with Crippen LogP contribution in [0.3, 0.4) is 0 Å². The van der Waals surface area contributed by atoms with E-state index in [1.165, 1.54) is 16.1 Å². The average Bonchev–Trinajstić information content (AvgIpc) is 2.71. The number of nitrogens with one attached hydrogen (secondary N) is 1. The van der Waals surface area contributed by atoms with Crippen LogP contribution in [-0.2, 0) is 6.42 Å². The molecule has 0 unspecified atom stereocenters. The summed E-state index contributed by atoms with van der Waals surface area (Å²) >= 11 is 5.27. The molecule has 1 heterocycles. The molecule has 1 aromatic heterocycles. The van der Waals surface area contributed by atoms with Gasteiger partial charge in [0, 0.05) is 28.0 Å². The first-order chi connectivity index (χ1) is 8.18. The highest BCUT2D eigenvalue weighted by Gasteiger charge is 2.03. The van der Waals surface area contributed by atoms with Gasteiger partial charge in [0.05, 0.1) is 11.2 Å². The molecule has 0 aliphatic carbocycles. The Morgan fingerprint density at radius 2 is 2.18 bits per heavy atom. The molecule has 0 spiro atoms. The highest BCUT2D eigenvalue weighted by Crippen LogP contribution is 2.23. The SMILES string of the molecule is Cc1ncsc1CCNc1cccc(Br)c1C. The Balaban J connectivity index is 1.95. The van der Waals surface area contributed by atoms with Crippen LogP contribution in [0.4, 0.5) is 5.69 Å². The first-order valence-electron chi connectivity index (χ1n) is 5.56. The van der Waals surface area contributed by atoms with Gasteiger partial charge in [-0.15, -0.1) is 11.3 Å². The van der Waals surface area contributed by atoms with E-state index >= 15 is 0 Å². The summed E-state index contributed by atoms with van der Waals surface area (Å²) in [6.07, 6.45) is 1.03. The average molecular weight is 311 g/mol. The van der Waals surface area contributed by atoms with Crippen molar-refractivity contribution in [2.75, 3.05) is 11.9 Å². The summed E-state index contributed by atoms with van der Waals surface area (Å²) in [5.74, 6) is 0. The predicted octanol–water partition coefficient (Wildman–Crippen LogP) is 4.18. The minimum Gasteiger partial charge on any atom is -0.384 e. The Labute approximate surface area is 114 Å². The zero-order valence-corrected chi connectivity index (χ0v) is 12.4. The topological polar surface area (TPSA) is 24.9 Å². The molecule has 0 radical (unpaired) electrons. The molecule has 0 aliphatic rings. The fourth-order valence-electron chi connectivity index (χ4n) is 1.68. The third kappa shape index (κ3) is 3.07. The van der Waals surface area contributed by atoms with Crippen LogP contribution < -0.4 is 5.32 Å². The number of aromatic nitrogens is 1. The molecule has 90 valence electrons. The third-order valence-corrected chi connectivity index (χ3v) is 4.63. The zero-order chi connectivity index (χ0) is 12.3. The van der Waals surface area contributed by atoms with E-state index in [2.05, 4.69) is 58.3 Å². The van der Waals surface area contributed by atoms with Gasteiger partial charge in [-0.05, 0) is 31.5 Å². The van der Waals surface area contributed by atoms with E-state index in [0.717, 1.165) is 23.1 Å². The van der Waals surface area contributed by atoms with Crippen LogP contribution in [-0.4, -0.2) is 11.5 Å². The number of hydrogen-bond donors (Lipinski definition) is 1. The summed E-state index contributed by atoms with van der Waals surface area (Å²) in [7, 11) is 0. The van der Waals surface area contributed by atoms with Crippen molar-refractivity contribution in [3.05, 3.63) is 44.3 Å². The van der Waals surface area contributed by atoms with Gasteiger partial charge < -0.3 is 5.32 Å². The molecule has 17 heavy (non-hydrogen) atoms. The van der Waals surface area contributed by atoms with Crippen LogP contribution in [0.5, 0.6) is 0 Å². The molecular weight excluding hydrogens is 296 g/mol. The van der Waals surface area contributed by atoms with Crippen molar-refractivity contribution in [3.63, 3.8) is 0 Å². The predicted molar refractivity (Wildman–Crippen MR) is 77.9 cm³/mol.